The van der Waals surface area contributed by atoms with Crippen molar-refractivity contribution in [3.05, 3.63) is 48.0 Å². The van der Waals surface area contributed by atoms with E-state index in [1.54, 1.807) is 18.2 Å². The highest BCUT2D eigenvalue weighted by molar-refractivity contribution is 5.59. The number of halogens is 4. The van der Waals surface area contributed by atoms with Gasteiger partial charge in [0.15, 0.2) is 5.82 Å². The average molecular weight is 393 g/mol. The van der Waals surface area contributed by atoms with Crippen molar-refractivity contribution in [1.29, 1.82) is 0 Å². The van der Waals surface area contributed by atoms with Gasteiger partial charge in [0.25, 0.3) is 5.92 Å². The normalized spacial score (nSPS) is 11.3. The molecule has 28 heavy (non-hydrogen) atoms. The van der Waals surface area contributed by atoms with E-state index < -0.39 is 24.1 Å². The molecule has 11 heteroatoms. The molecule has 0 atom stereocenters. The molecule has 4 N–H and O–H groups in total. The van der Waals surface area contributed by atoms with E-state index in [0.29, 0.717) is 6.07 Å². The number of anilines is 4. The van der Waals surface area contributed by atoms with Gasteiger partial charge in [0.05, 0.1) is 6.54 Å². The summed E-state index contributed by atoms with van der Waals surface area (Å²) >= 11 is 0. The zero-order valence-electron chi connectivity index (χ0n) is 14.5. The Hall–Kier alpha value is -3.50. The van der Waals surface area contributed by atoms with Crippen LogP contribution in [0.5, 0.6) is 0 Å². The molecule has 0 aliphatic carbocycles. The van der Waals surface area contributed by atoms with Crippen LogP contribution in [0, 0.1) is 11.6 Å². The molecule has 146 valence electrons. The number of benzene rings is 1. The molecule has 0 bridgehead atoms. The van der Waals surface area contributed by atoms with Crippen molar-refractivity contribution in [1.82, 2.24) is 19.9 Å². The monoisotopic (exact) mass is 393 g/mol. The molecule has 0 saturated heterocycles. The van der Waals surface area contributed by atoms with Crippen LogP contribution in [0.3, 0.4) is 0 Å². The van der Waals surface area contributed by atoms with Crippen LogP contribution in [0.1, 0.15) is 6.92 Å². The molecular formula is C17H15F4N7. The summed E-state index contributed by atoms with van der Waals surface area (Å²) in [6.07, 6.45) is 0. The lowest BCUT2D eigenvalue weighted by atomic mass is 10.3. The first-order valence-corrected chi connectivity index (χ1v) is 8.02. The molecule has 3 rings (SSSR count). The minimum atomic E-state index is -3.01. The van der Waals surface area contributed by atoms with E-state index in [0.717, 1.165) is 19.1 Å². The Morgan fingerprint density at radius 1 is 0.964 bits per heavy atom. The number of rotatable bonds is 6. The highest BCUT2D eigenvalue weighted by Gasteiger charge is 2.21. The van der Waals surface area contributed by atoms with Gasteiger partial charge in [0, 0.05) is 18.7 Å². The molecule has 0 unspecified atom stereocenters. The number of alkyl halides is 2. The fourth-order valence-corrected chi connectivity index (χ4v) is 2.19. The van der Waals surface area contributed by atoms with Crippen molar-refractivity contribution < 1.29 is 17.6 Å². The zero-order chi connectivity index (χ0) is 20.3. The highest BCUT2D eigenvalue weighted by atomic mass is 19.3. The third-order valence-electron chi connectivity index (χ3n) is 3.31. The first-order chi connectivity index (χ1) is 13.2. The van der Waals surface area contributed by atoms with Crippen LogP contribution in [0.4, 0.5) is 41.0 Å². The molecule has 2 aromatic heterocycles. The molecule has 0 aliphatic heterocycles. The van der Waals surface area contributed by atoms with E-state index in [-0.39, 0.29) is 34.9 Å². The van der Waals surface area contributed by atoms with Crippen molar-refractivity contribution in [3.8, 4) is 11.5 Å². The zero-order valence-corrected chi connectivity index (χ0v) is 14.5. The molecule has 1 aromatic carbocycles. The van der Waals surface area contributed by atoms with Crippen LogP contribution in [0.2, 0.25) is 0 Å². The highest BCUT2D eigenvalue weighted by Crippen LogP contribution is 2.21. The van der Waals surface area contributed by atoms with Crippen molar-refractivity contribution >= 4 is 23.4 Å². The van der Waals surface area contributed by atoms with Gasteiger partial charge in [0.2, 0.25) is 11.9 Å². The molecule has 0 amide bonds. The van der Waals surface area contributed by atoms with Crippen LogP contribution in [-0.2, 0) is 0 Å². The van der Waals surface area contributed by atoms with Gasteiger partial charge in [-0.3, -0.25) is 0 Å². The second-order valence-electron chi connectivity index (χ2n) is 5.96. The van der Waals surface area contributed by atoms with Gasteiger partial charge in [-0.2, -0.15) is 15.0 Å². The Morgan fingerprint density at radius 2 is 1.64 bits per heavy atom. The van der Waals surface area contributed by atoms with Gasteiger partial charge in [-0.05, 0) is 24.3 Å². The van der Waals surface area contributed by atoms with E-state index in [9.17, 15) is 17.6 Å². The fraction of sp³-hybridized carbons (Fsp3) is 0.176. The van der Waals surface area contributed by atoms with Crippen LogP contribution in [0.25, 0.3) is 11.5 Å². The van der Waals surface area contributed by atoms with Gasteiger partial charge >= 0.3 is 0 Å². The summed E-state index contributed by atoms with van der Waals surface area (Å²) in [6, 6.07) is 7.49. The molecule has 0 radical (unpaired) electrons. The number of nitrogens with zero attached hydrogens (tertiary/aromatic N) is 4. The second kappa shape index (κ2) is 7.62. The van der Waals surface area contributed by atoms with Crippen molar-refractivity contribution in [2.45, 2.75) is 12.8 Å². The van der Waals surface area contributed by atoms with Gasteiger partial charge in [-0.25, -0.2) is 22.5 Å². The van der Waals surface area contributed by atoms with Gasteiger partial charge in [0.1, 0.15) is 23.1 Å². The number of pyridine rings is 1. The van der Waals surface area contributed by atoms with E-state index >= 15 is 0 Å². The lowest BCUT2D eigenvalue weighted by Gasteiger charge is -2.13. The van der Waals surface area contributed by atoms with E-state index in [1.165, 1.54) is 0 Å². The number of nitrogens with one attached hydrogen (secondary N) is 2. The lowest BCUT2D eigenvalue weighted by Crippen LogP contribution is -2.24. The first-order valence-electron chi connectivity index (χ1n) is 8.02. The Bertz CT molecular complexity index is 971. The van der Waals surface area contributed by atoms with Crippen LogP contribution < -0.4 is 16.4 Å². The van der Waals surface area contributed by atoms with E-state index in [1.807, 2.05) is 0 Å². The molecule has 2 heterocycles. The number of hydrogen-bond donors (Lipinski definition) is 3. The average Bonchev–Trinajstić information content (AvgIpc) is 2.58. The van der Waals surface area contributed by atoms with E-state index in [4.69, 9.17) is 5.73 Å². The maximum atomic E-state index is 13.4. The summed E-state index contributed by atoms with van der Waals surface area (Å²) in [5.74, 6) is -4.69. The number of hydrogen-bond acceptors (Lipinski definition) is 7. The minimum Gasteiger partial charge on any atom is -0.384 e. The lowest BCUT2D eigenvalue weighted by molar-refractivity contribution is 0.0366. The van der Waals surface area contributed by atoms with Crippen LogP contribution >= 0.6 is 0 Å². The largest absolute Gasteiger partial charge is 0.384 e. The summed E-state index contributed by atoms with van der Waals surface area (Å²) in [4.78, 5) is 16.2. The molecule has 0 fully saturated rings. The van der Waals surface area contributed by atoms with E-state index in [2.05, 4.69) is 30.6 Å². The van der Waals surface area contributed by atoms with Crippen molar-refractivity contribution in [2.24, 2.45) is 0 Å². The third kappa shape index (κ3) is 5.25. The summed E-state index contributed by atoms with van der Waals surface area (Å²) in [6.45, 7) is 0.00504. The predicted octanol–water partition coefficient (Wildman–Crippen LogP) is 3.60. The predicted molar refractivity (Wildman–Crippen MR) is 96.2 cm³/mol. The van der Waals surface area contributed by atoms with Crippen LogP contribution in [0.15, 0.2) is 36.4 Å². The number of nitrogen functional groups attached to an aromatic ring is 1. The van der Waals surface area contributed by atoms with Gasteiger partial charge in [-0.15, -0.1) is 0 Å². The molecule has 0 saturated carbocycles. The minimum absolute atomic E-state index is 0.0296. The SMILES string of the molecule is CC(F)(F)CNc1nc(Nc2cc(F)cc(F)c2)nc(-c2cccc(N)n2)n1. The maximum absolute atomic E-state index is 13.4. The third-order valence-corrected chi connectivity index (χ3v) is 3.31. The summed E-state index contributed by atoms with van der Waals surface area (Å²) < 4.78 is 53.1. The molecular weight excluding hydrogens is 378 g/mol. The topological polar surface area (TPSA) is 102 Å². The standard InChI is InChI=1S/C17H15F4N7/c1-17(20,21)8-23-15-26-14(12-3-2-4-13(22)25-12)27-16(28-15)24-11-6-9(18)5-10(19)7-11/h2-7H,8H2,1H3,(H2,22,25)(H2,23,24,26,27,28). The smallest absolute Gasteiger partial charge is 0.262 e. The number of nitrogens with two attached hydrogens (primary N) is 1. The Balaban J connectivity index is 1.98. The molecule has 0 spiro atoms. The van der Waals surface area contributed by atoms with Gasteiger partial charge < -0.3 is 16.4 Å². The molecule has 3 aromatic rings. The van der Waals surface area contributed by atoms with Crippen LogP contribution in [-0.4, -0.2) is 32.4 Å². The maximum Gasteiger partial charge on any atom is 0.262 e. The summed E-state index contributed by atoms with van der Waals surface area (Å²) in [5.41, 5.74) is 5.94. The summed E-state index contributed by atoms with van der Waals surface area (Å²) in [7, 11) is 0. The molecule has 0 aliphatic rings. The molecule has 7 nitrogen and oxygen atoms in total. The van der Waals surface area contributed by atoms with Crippen molar-refractivity contribution in [2.75, 3.05) is 22.9 Å². The first kappa shape index (κ1) is 19.3. The van der Waals surface area contributed by atoms with Crippen molar-refractivity contribution in [3.63, 3.8) is 0 Å². The fourth-order valence-electron chi connectivity index (χ4n) is 2.19. The summed E-state index contributed by atoms with van der Waals surface area (Å²) in [5, 5.41) is 5.02. The quantitative estimate of drug-likeness (QED) is 0.550. The Kier molecular flexibility index (Phi) is 5.25. The second-order valence-corrected chi connectivity index (χ2v) is 5.96. The Labute approximate surface area is 157 Å². The Morgan fingerprint density at radius 3 is 2.29 bits per heavy atom. The van der Waals surface area contributed by atoms with Gasteiger partial charge in [-0.1, -0.05) is 6.07 Å². The number of aromatic nitrogens is 4.